The van der Waals surface area contributed by atoms with Gasteiger partial charge in [-0.25, -0.2) is 9.18 Å². The van der Waals surface area contributed by atoms with E-state index in [4.69, 9.17) is 9.47 Å². The highest BCUT2D eigenvalue weighted by Crippen LogP contribution is 2.33. The molecule has 3 aromatic carbocycles. The summed E-state index contributed by atoms with van der Waals surface area (Å²) in [6, 6.07) is 19.2. The lowest BCUT2D eigenvalue weighted by Gasteiger charge is -2.20. The third kappa shape index (κ3) is 4.89. The van der Waals surface area contributed by atoms with Crippen LogP contribution in [0.3, 0.4) is 0 Å². The van der Waals surface area contributed by atoms with Crippen LogP contribution in [-0.4, -0.2) is 18.9 Å². The first kappa shape index (κ1) is 19.8. The van der Waals surface area contributed by atoms with E-state index in [1.807, 2.05) is 49.4 Å². The summed E-state index contributed by atoms with van der Waals surface area (Å²) in [5.41, 5.74) is 3.71. The van der Waals surface area contributed by atoms with Crippen molar-refractivity contribution in [3.63, 3.8) is 0 Å². The van der Waals surface area contributed by atoms with Gasteiger partial charge >= 0.3 is 6.03 Å². The fourth-order valence-corrected chi connectivity index (χ4v) is 3.49. The summed E-state index contributed by atoms with van der Waals surface area (Å²) < 4.78 is 24.1. The van der Waals surface area contributed by atoms with E-state index in [1.165, 1.54) is 12.1 Å². The van der Waals surface area contributed by atoms with Crippen molar-refractivity contribution in [3.8, 4) is 11.5 Å². The van der Waals surface area contributed by atoms with Crippen molar-refractivity contribution in [1.29, 1.82) is 0 Å². The highest BCUT2D eigenvalue weighted by Gasteiger charge is 2.18. The number of para-hydroxylation sites is 1. The van der Waals surface area contributed by atoms with Gasteiger partial charge in [-0.2, -0.15) is 0 Å². The zero-order chi connectivity index (χ0) is 20.9. The third-order valence-corrected chi connectivity index (χ3v) is 5.04. The van der Waals surface area contributed by atoms with E-state index < -0.39 is 0 Å². The largest absolute Gasteiger partial charge is 0.454 e. The molecule has 4 rings (SSSR count). The van der Waals surface area contributed by atoms with E-state index in [2.05, 4.69) is 10.6 Å². The van der Waals surface area contributed by atoms with Crippen LogP contribution < -0.4 is 20.1 Å². The molecule has 5 nitrogen and oxygen atoms in total. The van der Waals surface area contributed by atoms with Gasteiger partial charge in [0.1, 0.15) is 5.82 Å². The number of rotatable bonds is 6. The number of carbonyl (C=O) groups is 1. The van der Waals surface area contributed by atoms with Crippen LogP contribution in [0.2, 0.25) is 0 Å². The van der Waals surface area contributed by atoms with E-state index in [9.17, 15) is 9.18 Å². The van der Waals surface area contributed by atoms with Gasteiger partial charge in [0, 0.05) is 11.7 Å². The van der Waals surface area contributed by atoms with Crippen LogP contribution in [0.4, 0.5) is 14.9 Å². The Labute approximate surface area is 174 Å². The van der Waals surface area contributed by atoms with Gasteiger partial charge in [0.15, 0.2) is 11.5 Å². The standard InChI is InChI=1S/C24H23FN2O3/c1-16-4-2-3-5-21(16)27-24(28)26-20(12-17-6-9-19(25)10-7-17)13-18-8-11-22-23(14-18)30-15-29-22/h2-11,14,20H,12-13,15H2,1H3,(H2,26,27,28). The number of amides is 2. The maximum Gasteiger partial charge on any atom is 0.319 e. The summed E-state index contributed by atoms with van der Waals surface area (Å²) in [6.45, 7) is 2.16. The molecule has 1 aliphatic heterocycles. The van der Waals surface area contributed by atoms with Gasteiger partial charge in [-0.05, 0) is 66.8 Å². The number of benzene rings is 3. The second-order valence-electron chi connectivity index (χ2n) is 7.33. The Balaban J connectivity index is 1.49. The molecule has 0 radical (unpaired) electrons. The molecule has 1 heterocycles. The molecule has 0 aromatic heterocycles. The first-order valence-electron chi connectivity index (χ1n) is 9.83. The van der Waals surface area contributed by atoms with Crippen LogP contribution >= 0.6 is 0 Å². The molecule has 0 spiro atoms. The maximum atomic E-state index is 13.3. The number of urea groups is 1. The summed E-state index contributed by atoms with van der Waals surface area (Å²) in [5.74, 6) is 1.15. The Kier molecular flexibility index (Phi) is 5.84. The average Bonchev–Trinajstić information content (AvgIpc) is 3.19. The Morgan fingerprint density at radius 3 is 2.47 bits per heavy atom. The lowest BCUT2D eigenvalue weighted by atomic mass is 9.98. The van der Waals surface area contributed by atoms with Crippen molar-refractivity contribution >= 4 is 11.7 Å². The molecule has 1 aliphatic rings. The Hall–Kier alpha value is -3.54. The average molecular weight is 406 g/mol. The molecule has 0 saturated heterocycles. The topological polar surface area (TPSA) is 59.6 Å². The van der Waals surface area contributed by atoms with Crippen LogP contribution in [0.1, 0.15) is 16.7 Å². The molecule has 154 valence electrons. The number of fused-ring (bicyclic) bond motifs is 1. The zero-order valence-electron chi connectivity index (χ0n) is 16.7. The SMILES string of the molecule is Cc1ccccc1NC(=O)NC(Cc1ccc(F)cc1)Cc1ccc2c(c1)OCO2. The number of carbonyl (C=O) groups excluding carboxylic acids is 1. The lowest BCUT2D eigenvalue weighted by molar-refractivity contribution is 0.174. The normalized spacial score (nSPS) is 13.0. The zero-order valence-corrected chi connectivity index (χ0v) is 16.7. The van der Waals surface area contributed by atoms with Crippen molar-refractivity contribution in [2.24, 2.45) is 0 Å². The number of halogens is 1. The van der Waals surface area contributed by atoms with E-state index >= 15 is 0 Å². The third-order valence-electron chi connectivity index (χ3n) is 5.04. The van der Waals surface area contributed by atoms with Gasteiger partial charge in [0.05, 0.1) is 0 Å². The van der Waals surface area contributed by atoms with Gasteiger partial charge in [-0.15, -0.1) is 0 Å². The van der Waals surface area contributed by atoms with E-state index in [0.717, 1.165) is 28.1 Å². The van der Waals surface area contributed by atoms with Crippen molar-refractivity contribution in [1.82, 2.24) is 5.32 Å². The molecule has 0 saturated carbocycles. The minimum Gasteiger partial charge on any atom is -0.454 e. The Morgan fingerprint density at radius 2 is 1.67 bits per heavy atom. The van der Waals surface area contributed by atoms with Crippen molar-refractivity contribution in [2.45, 2.75) is 25.8 Å². The van der Waals surface area contributed by atoms with Crippen molar-refractivity contribution in [2.75, 3.05) is 12.1 Å². The molecule has 6 heteroatoms. The molecule has 3 aromatic rings. The highest BCUT2D eigenvalue weighted by atomic mass is 19.1. The maximum absolute atomic E-state index is 13.3. The Morgan fingerprint density at radius 1 is 0.967 bits per heavy atom. The minimum atomic E-state index is -0.281. The predicted molar refractivity (Wildman–Crippen MR) is 113 cm³/mol. The van der Waals surface area contributed by atoms with E-state index in [1.54, 1.807) is 12.1 Å². The number of hydrogen-bond acceptors (Lipinski definition) is 3. The fourth-order valence-electron chi connectivity index (χ4n) is 3.49. The molecule has 30 heavy (non-hydrogen) atoms. The minimum absolute atomic E-state index is 0.195. The molecule has 0 fully saturated rings. The van der Waals surface area contributed by atoms with Gasteiger partial charge in [0.25, 0.3) is 0 Å². The number of nitrogens with one attached hydrogen (secondary N) is 2. The molecule has 0 aliphatic carbocycles. The smallest absolute Gasteiger partial charge is 0.319 e. The van der Waals surface area contributed by atoms with Crippen molar-refractivity contribution < 1.29 is 18.7 Å². The summed E-state index contributed by atoms with van der Waals surface area (Å²) in [7, 11) is 0. The second kappa shape index (κ2) is 8.86. The molecule has 1 atom stereocenters. The first-order valence-corrected chi connectivity index (χ1v) is 9.83. The summed E-state index contributed by atoms with van der Waals surface area (Å²) in [5, 5.41) is 5.96. The number of hydrogen-bond donors (Lipinski definition) is 2. The fraction of sp³-hybridized carbons (Fsp3) is 0.208. The first-order chi connectivity index (χ1) is 14.6. The van der Waals surface area contributed by atoms with Gasteiger partial charge in [0.2, 0.25) is 6.79 Å². The van der Waals surface area contributed by atoms with Crippen LogP contribution in [0.25, 0.3) is 0 Å². The monoisotopic (exact) mass is 406 g/mol. The highest BCUT2D eigenvalue weighted by molar-refractivity contribution is 5.90. The van der Waals surface area contributed by atoms with Crippen LogP contribution in [0.5, 0.6) is 11.5 Å². The molecular formula is C24H23FN2O3. The molecule has 2 N–H and O–H groups in total. The van der Waals surface area contributed by atoms with Crippen LogP contribution in [0.15, 0.2) is 66.7 Å². The van der Waals surface area contributed by atoms with Gasteiger partial charge in [-0.3, -0.25) is 0 Å². The summed E-state index contributed by atoms with van der Waals surface area (Å²) >= 11 is 0. The summed E-state index contributed by atoms with van der Waals surface area (Å²) in [6.07, 6.45) is 1.16. The molecular weight excluding hydrogens is 383 g/mol. The Bertz CT molecular complexity index is 1040. The van der Waals surface area contributed by atoms with Gasteiger partial charge < -0.3 is 20.1 Å². The number of aryl methyl sites for hydroxylation is 1. The van der Waals surface area contributed by atoms with Crippen LogP contribution in [-0.2, 0) is 12.8 Å². The summed E-state index contributed by atoms with van der Waals surface area (Å²) in [4.78, 5) is 12.7. The number of ether oxygens (including phenoxy) is 2. The lowest BCUT2D eigenvalue weighted by Crippen LogP contribution is -2.40. The van der Waals surface area contributed by atoms with Gasteiger partial charge in [-0.1, -0.05) is 36.4 Å². The molecule has 0 bridgehead atoms. The van der Waals surface area contributed by atoms with E-state index in [0.29, 0.717) is 18.6 Å². The number of anilines is 1. The quantitative estimate of drug-likeness (QED) is 0.616. The molecule has 1 unspecified atom stereocenters. The molecule has 2 amide bonds. The van der Waals surface area contributed by atoms with Crippen molar-refractivity contribution in [3.05, 3.63) is 89.2 Å². The van der Waals surface area contributed by atoms with E-state index in [-0.39, 0.29) is 24.7 Å². The predicted octanol–water partition coefficient (Wildman–Crippen LogP) is 4.84. The van der Waals surface area contributed by atoms with Crippen LogP contribution in [0, 0.1) is 12.7 Å². The second-order valence-corrected chi connectivity index (χ2v) is 7.33.